The fourth-order valence-corrected chi connectivity index (χ4v) is 3.03. The van der Waals surface area contributed by atoms with Crippen LogP contribution >= 0.6 is 0 Å². The molecule has 1 amide bonds. The number of likely N-dealkylation sites (tertiary alicyclic amines) is 1. The Bertz CT molecular complexity index is 692. The summed E-state index contributed by atoms with van der Waals surface area (Å²) in [6.07, 6.45) is 5.76. The number of pyridine rings is 1. The van der Waals surface area contributed by atoms with Gasteiger partial charge >= 0.3 is 0 Å². The molecule has 0 spiro atoms. The lowest BCUT2D eigenvalue weighted by Crippen LogP contribution is -2.36. The van der Waals surface area contributed by atoms with E-state index >= 15 is 0 Å². The van der Waals surface area contributed by atoms with Gasteiger partial charge in [0.15, 0.2) is 0 Å². The molecule has 3 rings (SSSR count). The molecule has 1 aromatic heterocycles. The molecule has 0 saturated carbocycles. The van der Waals surface area contributed by atoms with Gasteiger partial charge in [-0.3, -0.25) is 9.79 Å². The van der Waals surface area contributed by atoms with Crippen molar-refractivity contribution in [1.82, 2.24) is 9.88 Å². The number of carbonyl (C=O) groups excluding carboxylic acids is 1. The van der Waals surface area contributed by atoms with Crippen molar-refractivity contribution in [1.29, 1.82) is 0 Å². The Balaban J connectivity index is 1.62. The number of nitrogens with two attached hydrogens (primary N) is 1. The van der Waals surface area contributed by atoms with Crippen molar-refractivity contribution in [2.24, 2.45) is 16.6 Å². The second kappa shape index (κ2) is 7.76. The first kappa shape index (κ1) is 17.6. The van der Waals surface area contributed by atoms with Crippen molar-refractivity contribution in [2.75, 3.05) is 25.5 Å². The minimum atomic E-state index is -0.200. The first-order valence-electron chi connectivity index (χ1n) is 8.65. The number of ether oxygens (including phenoxy) is 1. The van der Waals surface area contributed by atoms with Gasteiger partial charge in [0.25, 0.3) is 0 Å². The molecule has 1 aromatic rings. The highest BCUT2D eigenvalue weighted by Gasteiger charge is 2.23. The van der Waals surface area contributed by atoms with Crippen LogP contribution in [-0.4, -0.2) is 47.8 Å². The summed E-state index contributed by atoms with van der Waals surface area (Å²) in [5.74, 6) is 1.88. The second-order valence-electron chi connectivity index (χ2n) is 6.63. The Morgan fingerprint density at radius 3 is 2.88 bits per heavy atom. The molecule has 7 nitrogen and oxygen atoms in total. The largest absolute Gasteiger partial charge is 0.456 e. The number of hydrogen-bond donors (Lipinski definition) is 2. The summed E-state index contributed by atoms with van der Waals surface area (Å²) in [7, 11) is 2.08. The number of carbonyl (C=O) groups is 1. The topological polar surface area (TPSA) is 92.8 Å². The van der Waals surface area contributed by atoms with Crippen LogP contribution in [0.1, 0.15) is 26.2 Å². The third-order valence-electron chi connectivity index (χ3n) is 4.56. The van der Waals surface area contributed by atoms with Crippen LogP contribution < -0.4 is 15.8 Å². The van der Waals surface area contributed by atoms with E-state index in [4.69, 9.17) is 10.5 Å². The van der Waals surface area contributed by atoms with Gasteiger partial charge in [-0.1, -0.05) is 0 Å². The molecule has 0 aromatic carbocycles. The van der Waals surface area contributed by atoms with Gasteiger partial charge in [-0.15, -0.1) is 0 Å². The van der Waals surface area contributed by atoms with Crippen molar-refractivity contribution in [3.8, 4) is 5.75 Å². The highest BCUT2D eigenvalue weighted by Crippen LogP contribution is 2.22. The maximum absolute atomic E-state index is 12.4. The van der Waals surface area contributed by atoms with E-state index in [0.29, 0.717) is 23.7 Å². The maximum Gasteiger partial charge on any atom is 0.228 e. The average Bonchev–Trinajstić information content (AvgIpc) is 2.58. The predicted octanol–water partition coefficient (Wildman–Crippen LogP) is 1.77. The van der Waals surface area contributed by atoms with Gasteiger partial charge in [-0.05, 0) is 52.0 Å². The van der Waals surface area contributed by atoms with Gasteiger partial charge in [0.2, 0.25) is 5.91 Å². The zero-order chi connectivity index (χ0) is 17.8. The normalized spacial score (nSPS) is 22.1. The summed E-state index contributed by atoms with van der Waals surface area (Å²) in [5, 5.41) is 2.90. The van der Waals surface area contributed by atoms with Crippen LogP contribution in [0.4, 0.5) is 5.82 Å². The van der Waals surface area contributed by atoms with E-state index in [1.54, 1.807) is 18.3 Å². The standard InChI is InChI=1S/C18H25N5O2/c1-12-15(3-4-16(19)21-12)25-14-5-8-20-17(11-14)22-18(24)13-6-9-23(2)10-7-13/h3,5,8,11,13,16H,4,6-7,9-10,19H2,1-2H3,(H,20,22,24). The van der Waals surface area contributed by atoms with Crippen LogP contribution in [-0.2, 0) is 4.79 Å². The first-order valence-corrected chi connectivity index (χ1v) is 8.65. The number of hydrogen-bond acceptors (Lipinski definition) is 6. The molecular weight excluding hydrogens is 318 g/mol. The maximum atomic E-state index is 12.4. The van der Waals surface area contributed by atoms with Crippen molar-refractivity contribution < 1.29 is 9.53 Å². The summed E-state index contributed by atoms with van der Waals surface area (Å²) in [6.45, 7) is 3.77. The molecule has 1 atom stereocenters. The third kappa shape index (κ3) is 4.64. The van der Waals surface area contributed by atoms with Crippen molar-refractivity contribution >= 4 is 17.4 Å². The SMILES string of the molecule is CC1=NC(N)CC=C1Oc1ccnc(NC(=O)C2CCN(C)CC2)c1. The zero-order valence-electron chi connectivity index (χ0n) is 14.7. The van der Waals surface area contributed by atoms with Crippen LogP contribution in [0.15, 0.2) is 35.2 Å². The predicted molar refractivity (Wildman–Crippen MR) is 97.5 cm³/mol. The summed E-state index contributed by atoms with van der Waals surface area (Å²) in [5.41, 5.74) is 6.56. The van der Waals surface area contributed by atoms with Gasteiger partial charge in [0.05, 0.1) is 5.71 Å². The monoisotopic (exact) mass is 343 g/mol. The summed E-state index contributed by atoms with van der Waals surface area (Å²) in [4.78, 5) is 23.2. The fourth-order valence-electron chi connectivity index (χ4n) is 3.03. The highest BCUT2D eigenvalue weighted by molar-refractivity contribution is 5.97. The zero-order valence-corrected chi connectivity index (χ0v) is 14.7. The van der Waals surface area contributed by atoms with E-state index in [-0.39, 0.29) is 18.0 Å². The molecule has 0 radical (unpaired) electrons. The Labute approximate surface area is 148 Å². The summed E-state index contributed by atoms with van der Waals surface area (Å²) < 4.78 is 5.87. The quantitative estimate of drug-likeness (QED) is 0.869. The molecule has 1 unspecified atom stereocenters. The van der Waals surface area contributed by atoms with Crippen LogP contribution in [0.3, 0.4) is 0 Å². The van der Waals surface area contributed by atoms with E-state index in [2.05, 4.69) is 27.2 Å². The van der Waals surface area contributed by atoms with Gasteiger partial charge < -0.3 is 20.7 Å². The number of aromatic nitrogens is 1. The number of nitrogens with zero attached hydrogens (tertiary/aromatic N) is 3. The molecule has 25 heavy (non-hydrogen) atoms. The number of anilines is 1. The molecule has 3 N–H and O–H groups in total. The fraction of sp³-hybridized carbons (Fsp3) is 0.500. The van der Waals surface area contributed by atoms with E-state index < -0.39 is 0 Å². The number of aliphatic imine (C=N–C) groups is 1. The minimum absolute atomic E-state index is 0.0262. The Morgan fingerprint density at radius 1 is 1.40 bits per heavy atom. The molecule has 0 aliphatic carbocycles. The minimum Gasteiger partial charge on any atom is -0.456 e. The summed E-state index contributed by atoms with van der Waals surface area (Å²) in [6, 6.07) is 3.49. The van der Waals surface area contributed by atoms with Crippen LogP contribution in [0.5, 0.6) is 5.75 Å². The van der Waals surface area contributed by atoms with Crippen molar-refractivity contribution in [2.45, 2.75) is 32.4 Å². The Kier molecular flexibility index (Phi) is 5.45. The van der Waals surface area contributed by atoms with Crippen LogP contribution in [0.2, 0.25) is 0 Å². The van der Waals surface area contributed by atoms with Gasteiger partial charge in [-0.2, -0.15) is 0 Å². The van der Waals surface area contributed by atoms with Crippen molar-refractivity contribution in [3.05, 3.63) is 30.2 Å². The number of nitrogens with one attached hydrogen (secondary N) is 1. The first-order chi connectivity index (χ1) is 12.0. The molecule has 1 fully saturated rings. The number of dihydropyridines is 1. The summed E-state index contributed by atoms with van der Waals surface area (Å²) >= 11 is 0. The molecular formula is C18H25N5O2. The molecule has 3 heterocycles. The molecule has 2 aliphatic rings. The Morgan fingerprint density at radius 2 is 2.16 bits per heavy atom. The van der Waals surface area contributed by atoms with Gasteiger partial charge in [-0.25, -0.2) is 4.98 Å². The average molecular weight is 343 g/mol. The molecule has 2 aliphatic heterocycles. The van der Waals surface area contributed by atoms with E-state index in [0.717, 1.165) is 31.6 Å². The van der Waals surface area contributed by atoms with E-state index in [1.807, 2.05) is 13.0 Å². The second-order valence-corrected chi connectivity index (χ2v) is 6.63. The van der Waals surface area contributed by atoms with Gasteiger partial charge in [0, 0.05) is 24.6 Å². The lowest BCUT2D eigenvalue weighted by molar-refractivity contribution is -0.121. The molecule has 134 valence electrons. The van der Waals surface area contributed by atoms with E-state index in [1.165, 1.54) is 0 Å². The smallest absolute Gasteiger partial charge is 0.228 e. The number of allylic oxidation sites excluding steroid dienone is 1. The lowest BCUT2D eigenvalue weighted by Gasteiger charge is -2.27. The number of rotatable bonds is 4. The lowest BCUT2D eigenvalue weighted by atomic mass is 9.96. The molecule has 7 heteroatoms. The van der Waals surface area contributed by atoms with E-state index in [9.17, 15) is 4.79 Å². The molecule has 1 saturated heterocycles. The Hall–Kier alpha value is -2.25. The van der Waals surface area contributed by atoms with Gasteiger partial charge in [0.1, 0.15) is 23.5 Å². The number of amides is 1. The van der Waals surface area contributed by atoms with Crippen molar-refractivity contribution in [3.63, 3.8) is 0 Å². The number of piperidine rings is 1. The van der Waals surface area contributed by atoms with Crippen LogP contribution in [0.25, 0.3) is 0 Å². The molecule has 0 bridgehead atoms. The highest BCUT2D eigenvalue weighted by atomic mass is 16.5. The van der Waals surface area contributed by atoms with Crippen LogP contribution in [0, 0.1) is 5.92 Å². The third-order valence-corrected chi connectivity index (χ3v) is 4.56.